The van der Waals surface area contributed by atoms with Gasteiger partial charge in [-0.2, -0.15) is 8.78 Å². The Morgan fingerprint density at radius 3 is 2.43 bits per heavy atom. The van der Waals surface area contributed by atoms with E-state index in [1.165, 1.54) is 6.07 Å². The van der Waals surface area contributed by atoms with E-state index >= 15 is 0 Å². The van der Waals surface area contributed by atoms with Crippen LogP contribution in [0.2, 0.25) is 0 Å². The molecule has 0 aromatic carbocycles. The Balaban J connectivity index is 2.21. The molecule has 3 rings (SSSR count). The van der Waals surface area contributed by atoms with Crippen molar-refractivity contribution >= 4 is 28.2 Å². The lowest BCUT2D eigenvalue weighted by atomic mass is 9.93. The molecule has 0 radical (unpaired) electrons. The van der Waals surface area contributed by atoms with Gasteiger partial charge in [0.1, 0.15) is 17.2 Å². The summed E-state index contributed by atoms with van der Waals surface area (Å²) in [5.74, 6) is -1.88. The van der Waals surface area contributed by atoms with Crippen LogP contribution in [0.5, 0.6) is 0 Å². The second-order valence-corrected chi connectivity index (χ2v) is 7.48. The number of rotatable bonds is 3. The SMILES string of the molecule is CC(C)(C)c1cn2c(C3CC3)nc(C(F)(F)CI)cc2n1. The topological polar surface area (TPSA) is 30.2 Å². The average molecular weight is 405 g/mol. The lowest BCUT2D eigenvalue weighted by molar-refractivity contribution is 0.0215. The summed E-state index contributed by atoms with van der Waals surface area (Å²) in [5, 5.41) is 0. The molecule has 0 unspecified atom stereocenters. The molecule has 2 heterocycles. The first kappa shape index (κ1) is 15.1. The molecule has 0 N–H and O–H groups in total. The first-order valence-corrected chi connectivity index (χ1v) is 8.60. The Labute approximate surface area is 136 Å². The van der Waals surface area contributed by atoms with E-state index in [9.17, 15) is 8.78 Å². The Morgan fingerprint density at radius 2 is 1.90 bits per heavy atom. The molecule has 0 spiro atoms. The van der Waals surface area contributed by atoms with E-state index < -0.39 is 5.92 Å². The van der Waals surface area contributed by atoms with E-state index in [0.717, 1.165) is 24.4 Å². The number of aromatic nitrogens is 3. The highest BCUT2D eigenvalue weighted by molar-refractivity contribution is 14.1. The summed E-state index contributed by atoms with van der Waals surface area (Å²) in [7, 11) is 0. The number of fused-ring (bicyclic) bond motifs is 1. The molecule has 0 bridgehead atoms. The molecular weight excluding hydrogens is 387 g/mol. The zero-order chi connectivity index (χ0) is 15.4. The molecule has 0 saturated heterocycles. The Kier molecular flexibility index (Phi) is 3.50. The van der Waals surface area contributed by atoms with Crippen molar-refractivity contribution in [2.75, 3.05) is 4.43 Å². The van der Waals surface area contributed by atoms with E-state index in [1.807, 2.05) is 10.6 Å². The molecule has 1 aliphatic rings. The summed E-state index contributed by atoms with van der Waals surface area (Å²) in [6.45, 7) is 6.21. The van der Waals surface area contributed by atoms with Crippen LogP contribution >= 0.6 is 22.6 Å². The third-order valence-electron chi connectivity index (χ3n) is 3.73. The van der Waals surface area contributed by atoms with Crippen LogP contribution in [0.15, 0.2) is 12.3 Å². The maximum atomic E-state index is 14.0. The van der Waals surface area contributed by atoms with Gasteiger partial charge in [0.05, 0.1) is 10.1 Å². The fraction of sp³-hybridized carbons (Fsp3) is 0.600. The van der Waals surface area contributed by atoms with Crippen LogP contribution in [0.25, 0.3) is 5.65 Å². The zero-order valence-corrected chi connectivity index (χ0v) is 14.5. The Morgan fingerprint density at radius 1 is 1.24 bits per heavy atom. The quantitative estimate of drug-likeness (QED) is 0.559. The normalized spacial score (nSPS) is 16.7. The molecule has 0 aliphatic heterocycles. The summed E-state index contributed by atoms with van der Waals surface area (Å²) < 4.78 is 29.6. The summed E-state index contributed by atoms with van der Waals surface area (Å²) in [4.78, 5) is 8.82. The van der Waals surface area contributed by atoms with Gasteiger partial charge < -0.3 is 0 Å². The van der Waals surface area contributed by atoms with Crippen LogP contribution in [0.1, 0.15) is 56.7 Å². The minimum absolute atomic E-state index is 0.112. The minimum atomic E-state index is -2.90. The maximum Gasteiger partial charge on any atom is 0.298 e. The van der Waals surface area contributed by atoms with Crippen molar-refractivity contribution in [3.05, 3.63) is 29.5 Å². The van der Waals surface area contributed by atoms with Gasteiger partial charge in [0.2, 0.25) is 0 Å². The number of hydrogen-bond acceptors (Lipinski definition) is 2. The lowest BCUT2D eigenvalue weighted by Gasteiger charge is -2.14. The minimum Gasteiger partial charge on any atom is -0.287 e. The fourth-order valence-corrected chi connectivity index (χ4v) is 2.65. The Bertz CT molecular complexity index is 684. The smallest absolute Gasteiger partial charge is 0.287 e. The molecule has 1 aliphatic carbocycles. The van der Waals surface area contributed by atoms with Crippen molar-refractivity contribution in [1.29, 1.82) is 0 Å². The number of alkyl halides is 3. The molecule has 114 valence electrons. The monoisotopic (exact) mass is 405 g/mol. The van der Waals surface area contributed by atoms with E-state index in [1.54, 1.807) is 22.6 Å². The maximum absolute atomic E-state index is 14.0. The molecule has 2 aromatic rings. The number of halogens is 3. The average Bonchev–Trinajstić information content (AvgIpc) is 3.14. The lowest BCUT2D eigenvalue weighted by Crippen LogP contribution is -2.19. The molecule has 21 heavy (non-hydrogen) atoms. The van der Waals surface area contributed by atoms with Crippen molar-refractivity contribution in [2.24, 2.45) is 0 Å². The third kappa shape index (κ3) is 2.78. The molecular formula is C15H18F2IN3. The summed E-state index contributed by atoms with van der Waals surface area (Å²) in [5.41, 5.74) is 1.22. The van der Waals surface area contributed by atoms with Gasteiger partial charge in [-0.25, -0.2) is 9.97 Å². The standard InChI is InChI=1S/C15H18F2IN3/c1-14(2,3)11-7-21-12(19-11)6-10(15(16,17)8-18)20-13(21)9-4-5-9/h6-7,9H,4-5,8H2,1-3H3. The van der Waals surface area contributed by atoms with Crippen LogP contribution in [-0.2, 0) is 11.3 Å². The molecule has 3 nitrogen and oxygen atoms in total. The van der Waals surface area contributed by atoms with Gasteiger partial charge in [0.25, 0.3) is 5.92 Å². The van der Waals surface area contributed by atoms with Crippen molar-refractivity contribution in [1.82, 2.24) is 14.4 Å². The highest BCUT2D eigenvalue weighted by Crippen LogP contribution is 2.41. The van der Waals surface area contributed by atoms with Gasteiger partial charge >= 0.3 is 0 Å². The van der Waals surface area contributed by atoms with Crippen LogP contribution in [0.3, 0.4) is 0 Å². The van der Waals surface area contributed by atoms with E-state index in [2.05, 4.69) is 30.7 Å². The highest BCUT2D eigenvalue weighted by Gasteiger charge is 2.36. The van der Waals surface area contributed by atoms with Gasteiger partial charge in [-0.3, -0.25) is 4.40 Å². The largest absolute Gasteiger partial charge is 0.298 e. The summed E-state index contributed by atoms with van der Waals surface area (Å²) in [6.07, 6.45) is 3.98. The second kappa shape index (κ2) is 4.86. The van der Waals surface area contributed by atoms with Crippen LogP contribution in [0.4, 0.5) is 8.78 Å². The van der Waals surface area contributed by atoms with Crippen molar-refractivity contribution in [2.45, 2.75) is 50.9 Å². The van der Waals surface area contributed by atoms with Gasteiger partial charge in [0, 0.05) is 23.6 Å². The third-order valence-corrected chi connectivity index (χ3v) is 4.69. The highest BCUT2D eigenvalue weighted by atomic mass is 127. The molecule has 0 amide bonds. The predicted molar refractivity (Wildman–Crippen MR) is 86.4 cm³/mol. The first-order valence-electron chi connectivity index (χ1n) is 7.07. The Hall–Kier alpha value is -0.790. The molecule has 6 heteroatoms. The van der Waals surface area contributed by atoms with Crippen LogP contribution in [-0.4, -0.2) is 18.8 Å². The number of imidazole rings is 1. The van der Waals surface area contributed by atoms with E-state index in [4.69, 9.17) is 0 Å². The van der Waals surface area contributed by atoms with Gasteiger partial charge in [-0.1, -0.05) is 43.4 Å². The van der Waals surface area contributed by atoms with Crippen LogP contribution < -0.4 is 0 Å². The molecule has 1 saturated carbocycles. The molecule has 2 aromatic heterocycles. The van der Waals surface area contributed by atoms with Crippen LogP contribution in [0, 0.1) is 0 Å². The first-order chi connectivity index (χ1) is 9.72. The number of hydrogen-bond donors (Lipinski definition) is 0. The number of nitrogens with zero attached hydrogens (tertiary/aromatic N) is 3. The van der Waals surface area contributed by atoms with E-state index in [-0.39, 0.29) is 15.5 Å². The van der Waals surface area contributed by atoms with E-state index in [0.29, 0.717) is 11.6 Å². The van der Waals surface area contributed by atoms with Crippen molar-refractivity contribution in [3.63, 3.8) is 0 Å². The molecule has 0 atom stereocenters. The van der Waals surface area contributed by atoms with Gasteiger partial charge in [-0.15, -0.1) is 0 Å². The molecule has 1 fully saturated rings. The van der Waals surface area contributed by atoms with Gasteiger partial charge in [-0.05, 0) is 12.8 Å². The second-order valence-electron chi connectivity index (χ2n) is 6.72. The summed E-state index contributed by atoms with van der Waals surface area (Å²) >= 11 is 1.70. The zero-order valence-electron chi connectivity index (χ0n) is 12.3. The van der Waals surface area contributed by atoms with Crippen molar-refractivity contribution in [3.8, 4) is 0 Å². The van der Waals surface area contributed by atoms with Crippen molar-refractivity contribution < 1.29 is 8.78 Å². The van der Waals surface area contributed by atoms with Gasteiger partial charge in [0.15, 0.2) is 0 Å². The fourth-order valence-electron chi connectivity index (χ4n) is 2.26. The summed E-state index contributed by atoms with van der Waals surface area (Å²) in [6, 6.07) is 1.43. The predicted octanol–water partition coefficient (Wildman–Crippen LogP) is 4.43.